The summed E-state index contributed by atoms with van der Waals surface area (Å²) in [6.07, 6.45) is 5.89. The first-order chi connectivity index (χ1) is 33.2. The summed E-state index contributed by atoms with van der Waals surface area (Å²) < 4.78 is 51.3. The van der Waals surface area contributed by atoms with Crippen molar-refractivity contribution in [2.24, 2.45) is 0 Å². The summed E-state index contributed by atoms with van der Waals surface area (Å²) in [6.45, 7) is 7.41. The number of anilines is 2. The normalized spacial score (nSPS) is 17.8. The number of hydrogen-bond donors (Lipinski definition) is 4. The monoisotopic (exact) mass is 951 g/mol. The lowest BCUT2D eigenvalue weighted by Gasteiger charge is -2.37. The Bertz CT molecular complexity index is 2760. The van der Waals surface area contributed by atoms with Crippen molar-refractivity contribution >= 4 is 29.3 Å². The molecule has 0 bridgehead atoms. The number of aromatic nitrogens is 6. The van der Waals surface area contributed by atoms with Gasteiger partial charge in [-0.3, -0.25) is 4.79 Å². The number of ether oxygens (including phenoxy) is 3. The Kier molecular flexibility index (Phi) is 15.9. The summed E-state index contributed by atoms with van der Waals surface area (Å²) in [7, 11) is 0. The number of carbonyl (C=O) groups is 3. The maximum atomic E-state index is 15.0. The molecule has 4 heterocycles. The Morgan fingerprint density at radius 1 is 0.870 bits per heavy atom. The summed E-state index contributed by atoms with van der Waals surface area (Å²) in [5.74, 6) is -5.84. The molecule has 2 aliphatic heterocycles. The van der Waals surface area contributed by atoms with Crippen molar-refractivity contribution in [1.29, 1.82) is 0 Å². The van der Waals surface area contributed by atoms with Gasteiger partial charge in [-0.15, -0.1) is 0 Å². The first-order valence-electron chi connectivity index (χ1n) is 22.0. The molecule has 4 aromatic carbocycles. The molecule has 6 aromatic rings. The zero-order valence-electron chi connectivity index (χ0n) is 37.7. The smallest absolute Gasteiger partial charge is 0.355 e. The predicted molar refractivity (Wildman–Crippen MR) is 247 cm³/mol. The van der Waals surface area contributed by atoms with Gasteiger partial charge in [-0.2, -0.15) is 14.9 Å². The number of nitrogens with one attached hydrogen (secondary N) is 1. The minimum atomic E-state index is -1.53. The van der Waals surface area contributed by atoms with Gasteiger partial charge in [0.1, 0.15) is 61.7 Å². The minimum Gasteiger partial charge on any atom is -0.491 e. The van der Waals surface area contributed by atoms with E-state index in [2.05, 4.69) is 30.3 Å². The van der Waals surface area contributed by atoms with Crippen LogP contribution in [-0.4, -0.2) is 120 Å². The minimum absolute atomic E-state index is 0.0145. The number of para-hydroxylation sites is 1. The molecule has 4 atom stereocenters. The molecule has 8 rings (SSSR count). The zero-order valence-corrected chi connectivity index (χ0v) is 37.7. The van der Waals surface area contributed by atoms with Crippen LogP contribution in [0.25, 0.3) is 11.4 Å². The van der Waals surface area contributed by atoms with Crippen LogP contribution in [-0.2, 0) is 42.6 Å². The van der Waals surface area contributed by atoms with Gasteiger partial charge in [-0.1, -0.05) is 25.1 Å². The summed E-state index contributed by atoms with van der Waals surface area (Å²) in [5.41, 5.74) is 3.72. The quantitative estimate of drug-likeness (QED) is 0.0859. The van der Waals surface area contributed by atoms with Crippen molar-refractivity contribution in [3.63, 3.8) is 0 Å². The second-order valence-electron chi connectivity index (χ2n) is 16.2. The summed E-state index contributed by atoms with van der Waals surface area (Å²) >= 11 is 0. The van der Waals surface area contributed by atoms with Crippen LogP contribution in [0.4, 0.5) is 20.2 Å². The van der Waals surface area contributed by atoms with Crippen LogP contribution in [0.5, 0.6) is 5.75 Å². The fourth-order valence-electron chi connectivity index (χ4n) is 7.85. The van der Waals surface area contributed by atoms with Crippen molar-refractivity contribution in [2.45, 2.75) is 57.2 Å². The molecular weight excluding hydrogens is 901 g/mol. The number of piperazine rings is 1. The standard InChI is InChI=1S/C44H47F2N9O6.C4H4O4/c1-3-30(2)50-40(42(56)57)22-31-6-4-5-7-41(31)55-43(58)54(29-49-55)35-11-9-33(10-12-35)51-18-20-52(21-19-51)34-13-15-36(16-14-34)59-24-37-25-60-44(61-37,26-53-28-47-27-48-53)38-17-8-32(45)23-39(38)46;5-3(6)1-2-4(7)8/h4-17,23,27-30,37,40,50H,3,18-22,24-26H2,1-2H3,(H,56,57);1-2H,(H,5,6)(H,7,8)/b;2-1-/t30?,37?,40-,44?;/m0./s1. The Balaban J connectivity index is 0.000000808. The van der Waals surface area contributed by atoms with E-state index in [4.69, 9.17) is 24.4 Å². The topological polar surface area (TPSA) is 229 Å². The van der Waals surface area contributed by atoms with Crippen LogP contribution in [0.2, 0.25) is 0 Å². The largest absolute Gasteiger partial charge is 0.491 e. The van der Waals surface area contributed by atoms with E-state index in [1.807, 2.05) is 80.6 Å². The molecule has 2 aromatic heterocycles. The lowest BCUT2D eigenvalue weighted by molar-refractivity contribution is -0.192. The van der Waals surface area contributed by atoms with E-state index in [-0.39, 0.29) is 43.5 Å². The van der Waals surface area contributed by atoms with Crippen LogP contribution >= 0.6 is 0 Å². The third-order valence-electron chi connectivity index (χ3n) is 11.5. The van der Waals surface area contributed by atoms with Gasteiger partial charge in [0, 0.05) is 73.8 Å². The Labute approximate surface area is 394 Å². The van der Waals surface area contributed by atoms with E-state index < -0.39 is 47.5 Å². The van der Waals surface area contributed by atoms with Crippen LogP contribution in [0.3, 0.4) is 0 Å². The van der Waals surface area contributed by atoms with Gasteiger partial charge in [0.15, 0.2) is 0 Å². The molecule has 4 N–H and O–H groups in total. The van der Waals surface area contributed by atoms with Crippen molar-refractivity contribution in [2.75, 3.05) is 49.2 Å². The van der Waals surface area contributed by atoms with Gasteiger partial charge in [0.25, 0.3) is 0 Å². The van der Waals surface area contributed by atoms with Crippen LogP contribution in [0.15, 0.2) is 127 Å². The molecule has 3 unspecified atom stereocenters. The van der Waals surface area contributed by atoms with Gasteiger partial charge >= 0.3 is 23.6 Å². The van der Waals surface area contributed by atoms with Crippen LogP contribution < -0.4 is 25.5 Å². The molecule has 0 amide bonds. The summed E-state index contributed by atoms with van der Waals surface area (Å²) in [6, 6.07) is 25.4. The number of aliphatic carboxylic acids is 3. The maximum absolute atomic E-state index is 15.0. The lowest BCUT2D eigenvalue weighted by atomic mass is 10.0. The first kappa shape index (κ1) is 49.2. The number of benzene rings is 4. The van der Waals surface area contributed by atoms with E-state index in [0.717, 1.165) is 50.0 Å². The molecule has 362 valence electrons. The number of halogens is 2. The van der Waals surface area contributed by atoms with Gasteiger partial charge in [-0.05, 0) is 85.6 Å². The Morgan fingerprint density at radius 2 is 1.51 bits per heavy atom. The molecule has 0 saturated carbocycles. The van der Waals surface area contributed by atoms with Crippen LogP contribution in [0.1, 0.15) is 31.4 Å². The van der Waals surface area contributed by atoms with Gasteiger partial charge < -0.3 is 44.6 Å². The third kappa shape index (κ3) is 12.4. The summed E-state index contributed by atoms with van der Waals surface area (Å²) in [4.78, 5) is 53.4. The Hall–Kier alpha value is -7.75. The highest BCUT2D eigenvalue weighted by molar-refractivity contribution is 5.89. The maximum Gasteiger partial charge on any atom is 0.355 e. The van der Waals surface area contributed by atoms with E-state index in [1.54, 1.807) is 6.07 Å². The average Bonchev–Trinajstić information content (AvgIpc) is 4.11. The lowest BCUT2D eigenvalue weighted by Crippen LogP contribution is -2.46. The SMILES string of the molecule is CCC(C)N[C@@H](Cc1ccccc1-n1ncn(-c2ccc(N3CCN(c4ccc(OCC5COC(Cn6cncn6)(c6ccc(F)cc6F)O5)cc4)CC3)cc2)c1=O)C(=O)O.O=C(O)/C=C\C(=O)O. The highest BCUT2D eigenvalue weighted by Gasteiger charge is 2.46. The number of carboxylic acid groups (broad SMARTS) is 3. The van der Waals surface area contributed by atoms with E-state index in [0.29, 0.717) is 34.8 Å². The molecule has 0 radical (unpaired) electrons. The average molecular weight is 952 g/mol. The van der Waals surface area contributed by atoms with Gasteiger partial charge in [0.05, 0.1) is 18.0 Å². The molecule has 19 nitrogen and oxygen atoms in total. The molecule has 21 heteroatoms. The number of carboxylic acids is 3. The molecular formula is C48H51F2N9O10. The van der Waals surface area contributed by atoms with E-state index in [1.165, 1.54) is 45.0 Å². The molecule has 2 saturated heterocycles. The van der Waals surface area contributed by atoms with E-state index >= 15 is 0 Å². The molecule has 2 aliphatic rings. The fraction of sp³-hybridized carbons (Fsp3) is 0.312. The fourth-order valence-corrected chi connectivity index (χ4v) is 7.85. The molecule has 0 spiro atoms. The van der Waals surface area contributed by atoms with Gasteiger partial charge in [0.2, 0.25) is 5.79 Å². The van der Waals surface area contributed by atoms with Crippen molar-refractivity contribution in [3.8, 4) is 17.1 Å². The number of rotatable bonds is 18. The predicted octanol–water partition coefficient (Wildman–Crippen LogP) is 4.66. The Morgan fingerprint density at radius 3 is 2.10 bits per heavy atom. The molecule has 69 heavy (non-hydrogen) atoms. The zero-order chi connectivity index (χ0) is 49.1. The number of nitrogens with zero attached hydrogens (tertiary/aromatic N) is 8. The van der Waals surface area contributed by atoms with Crippen molar-refractivity contribution < 1.29 is 52.7 Å². The number of hydrogen-bond acceptors (Lipinski definition) is 13. The highest BCUT2D eigenvalue weighted by atomic mass is 19.1. The van der Waals surface area contributed by atoms with Crippen LogP contribution in [0, 0.1) is 11.6 Å². The second kappa shape index (κ2) is 22.4. The molecule has 0 aliphatic carbocycles. The van der Waals surface area contributed by atoms with Gasteiger partial charge in [-0.25, -0.2) is 37.4 Å². The third-order valence-corrected chi connectivity index (χ3v) is 11.5. The van der Waals surface area contributed by atoms with E-state index in [9.17, 15) is 33.1 Å². The summed E-state index contributed by atoms with van der Waals surface area (Å²) in [5, 5.41) is 37.2. The highest BCUT2D eigenvalue weighted by Crippen LogP contribution is 2.38. The van der Waals surface area contributed by atoms with Crippen molar-refractivity contribution in [1.82, 2.24) is 34.4 Å². The molecule has 2 fully saturated rings. The van der Waals surface area contributed by atoms with Crippen molar-refractivity contribution in [3.05, 3.63) is 155 Å². The second-order valence-corrected chi connectivity index (χ2v) is 16.2. The first-order valence-corrected chi connectivity index (χ1v) is 22.0.